The Bertz CT molecular complexity index is 319. The molecule has 0 bridgehead atoms. The summed E-state index contributed by atoms with van der Waals surface area (Å²) < 4.78 is 5.32. The van der Waals surface area contributed by atoms with Crippen molar-refractivity contribution >= 4 is 6.09 Å². The molecule has 0 aromatic carbocycles. The van der Waals surface area contributed by atoms with Crippen molar-refractivity contribution in [3.63, 3.8) is 0 Å². The van der Waals surface area contributed by atoms with E-state index in [2.05, 4.69) is 10.6 Å². The molecule has 4 nitrogen and oxygen atoms in total. The van der Waals surface area contributed by atoms with Gasteiger partial charge in [-0.1, -0.05) is 12.8 Å². The summed E-state index contributed by atoms with van der Waals surface area (Å²) in [5.74, 6) is 1.36. The fourth-order valence-corrected chi connectivity index (χ4v) is 3.60. The SMILES string of the molecule is CC(C)(C)OC(=O)NCC1CCCNC1C1CCCC1. The molecule has 1 amide bonds. The van der Waals surface area contributed by atoms with Gasteiger partial charge in [0.1, 0.15) is 5.60 Å². The third kappa shape index (κ3) is 4.65. The molecule has 2 aliphatic rings. The Kier molecular flexibility index (Phi) is 5.30. The van der Waals surface area contributed by atoms with E-state index in [1.54, 1.807) is 0 Å². The van der Waals surface area contributed by atoms with E-state index in [0.717, 1.165) is 19.0 Å². The summed E-state index contributed by atoms with van der Waals surface area (Å²) >= 11 is 0. The zero-order valence-electron chi connectivity index (χ0n) is 13.2. The minimum atomic E-state index is -0.417. The number of hydrogen-bond donors (Lipinski definition) is 2. The van der Waals surface area contributed by atoms with Crippen LogP contribution >= 0.6 is 0 Å². The van der Waals surface area contributed by atoms with E-state index in [1.807, 2.05) is 20.8 Å². The molecule has 0 aromatic rings. The van der Waals surface area contributed by atoms with Crippen molar-refractivity contribution in [2.24, 2.45) is 11.8 Å². The Morgan fingerprint density at radius 1 is 1.20 bits per heavy atom. The summed E-state index contributed by atoms with van der Waals surface area (Å²) in [6.45, 7) is 7.56. The normalized spacial score (nSPS) is 28.4. The van der Waals surface area contributed by atoms with Crippen LogP contribution in [0.5, 0.6) is 0 Å². The average molecular weight is 282 g/mol. The Labute approximate surface area is 123 Å². The first kappa shape index (κ1) is 15.6. The molecular weight excluding hydrogens is 252 g/mol. The first-order chi connectivity index (χ1) is 9.46. The maximum Gasteiger partial charge on any atom is 0.407 e. The smallest absolute Gasteiger partial charge is 0.407 e. The molecule has 0 spiro atoms. The predicted molar refractivity (Wildman–Crippen MR) is 80.7 cm³/mol. The molecule has 116 valence electrons. The maximum absolute atomic E-state index is 11.8. The van der Waals surface area contributed by atoms with E-state index >= 15 is 0 Å². The minimum Gasteiger partial charge on any atom is -0.444 e. The molecule has 2 N–H and O–H groups in total. The summed E-state index contributed by atoms with van der Waals surface area (Å²) in [7, 11) is 0. The second-order valence-corrected chi connectivity index (χ2v) is 7.31. The van der Waals surface area contributed by atoms with Gasteiger partial charge in [0.25, 0.3) is 0 Å². The summed E-state index contributed by atoms with van der Waals surface area (Å²) in [5.41, 5.74) is -0.417. The fraction of sp³-hybridized carbons (Fsp3) is 0.938. The number of ether oxygens (including phenoxy) is 1. The van der Waals surface area contributed by atoms with Crippen molar-refractivity contribution in [3.8, 4) is 0 Å². The van der Waals surface area contributed by atoms with Crippen molar-refractivity contribution < 1.29 is 9.53 Å². The Balaban J connectivity index is 1.81. The van der Waals surface area contributed by atoms with Crippen LogP contribution in [-0.4, -0.2) is 30.8 Å². The molecule has 1 heterocycles. The molecule has 2 atom stereocenters. The van der Waals surface area contributed by atoms with Gasteiger partial charge >= 0.3 is 6.09 Å². The molecule has 2 unspecified atom stereocenters. The van der Waals surface area contributed by atoms with Gasteiger partial charge in [0.2, 0.25) is 0 Å². The van der Waals surface area contributed by atoms with Crippen LogP contribution in [0.4, 0.5) is 4.79 Å². The van der Waals surface area contributed by atoms with Gasteiger partial charge in [-0.25, -0.2) is 4.79 Å². The third-order valence-corrected chi connectivity index (χ3v) is 4.45. The molecule has 4 heteroatoms. The zero-order valence-corrected chi connectivity index (χ0v) is 13.2. The summed E-state index contributed by atoms with van der Waals surface area (Å²) in [6.07, 6.45) is 7.58. The van der Waals surface area contributed by atoms with Crippen molar-refractivity contribution in [2.45, 2.75) is 70.9 Å². The van der Waals surface area contributed by atoms with E-state index < -0.39 is 5.60 Å². The molecule has 0 aromatic heterocycles. The van der Waals surface area contributed by atoms with E-state index in [9.17, 15) is 4.79 Å². The highest BCUT2D eigenvalue weighted by Gasteiger charge is 2.33. The van der Waals surface area contributed by atoms with Crippen LogP contribution in [0.15, 0.2) is 0 Å². The van der Waals surface area contributed by atoms with E-state index in [0.29, 0.717) is 12.0 Å². The van der Waals surface area contributed by atoms with E-state index in [-0.39, 0.29) is 6.09 Å². The largest absolute Gasteiger partial charge is 0.444 e. The lowest BCUT2D eigenvalue weighted by molar-refractivity contribution is 0.0506. The molecular formula is C16H30N2O2. The number of hydrogen-bond acceptors (Lipinski definition) is 3. The number of alkyl carbamates (subject to hydrolysis) is 1. The second-order valence-electron chi connectivity index (χ2n) is 7.31. The number of carbonyl (C=O) groups excluding carboxylic acids is 1. The zero-order chi connectivity index (χ0) is 14.6. The Morgan fingerprint density at radius 2 is 1.90 bits per heavy atom. The van der Waals surface area contributed by atoms with Crippen LogP contribution in [0, 0.1) is 11.8 Å². The van der Waals surface area contributed by atoms with Gasteiger partial charge in [-0.05, 0) is 64.8 Å². The van der Waals surface area contributed by atoms with Gasteiger partial charge in [-0.15, -0.1) is 0 Å². The van der Waals surface area contributed by atoms with Crippen molar-refractivity contribution in [1.29, 1.82) is 0 Å². The fourth-order valence-electron chi connectivity index (χ4n) is 3.60. The van der Waals surface area contributed by atoms with Gasteiger partial charge in [0.15, 0.2) is 0 Å². The summed E-state index contributed by atoms with van der Waals surface area (Å²) in [6, 6.07) is 0.584. The second kappa shape index (κ2) is 6.79. The van der Waals surface area contributed by atoms with Crippen LogP contribution in [0.25, 0.3) is 0 Å². The van der Waals surface area contributed by atoms with Crippen molar-refractivity contribution in [3.05, 3.63) is 0 Å². The molecule has 2 fully saturated rings. The molecule has 1 saturated carbocycles. The molecule has 2 rings (SSSR count). The topological polar surface area (TPSA) is 50.4 Å². The van der Waals surface area contributed by atoms with Crippen molar-refractivity contribution in [2.75, 3.05) is 13.1 Å². The van der Waals surface area contributed by atoms with Crippen LogP contribution in [0.3, 0.4) is 0 Å². The minimum absolute atomic E-state index is 0.284. The number of piperidine rings is 1. The highest BCUT2D eigenvalue weighted by molar-refractivity contribution is 5.67. The van der Waals surface area contributed by atoms with Gasteiger partial charge in [0, 0.05) is 12.6 Å². The molecule has 1 aliphatic heterocycles. The number of carbonyl (C=O) groups is 1. The first-order valence-electron chi connectivity index (χ1n) is 8.16. The lowest BCUT2D eigenvalue weighted by atomic mass is 9.82. The van der Waals surface area contributed by atoms with Crippen LogP contribution < -0.4 is 10.6 Å². The highest BCUT2D eigenvalue weighted by atomic mass is 16.6. The van der Waals surface area contributed by atoms with Gasteiger partial charge in [-0.3, -0.25) is 0 Å². The number of rotatable bonds is 3. The highest BCUT2D eigenvalue weighted by Crippen LogP contribution is 2.33. The summed E-state index contributed by atoms with van der Waals surface area (Å²) in [5, 5.41) is 6.65. The van der Waals surface area contributed by atoms with E-state index in [1.165, 1.54) is 38.5 Å². The maximum atomic E-state index is 11.8. The Morgan fingerprint density at radius 3 is 2.55 bits per heavy atom. The average Bonchev–Trinajstić information content (AvgIpc) is 2.88. The quantitative estimate of drug-likeness (QED) is 0.836. The predicted octanol–water partition coefficient (Wildman–Crippen LogP) is 3.07. The van der Waals surface area contributed by atoms with Crippen LogP contribution in [0.1, 0.15) is 59.3 Å². The molecule has 20 heavy (non-hydrogen) atoms. The molecule has 0 radical (unpaired) electrons. The van der Waals surface area contributed by atoms with Gasteiger partial charge in [0.05, 0.1) is 0 Å². The Hall–Kier alpha value is -0.770. The van der Waals surface area contributed by atoms with E-state index in [4.69, 9.17) is 4.74 Å². The number of nitrogens with one attached hydrogen (secondary N) is 2. The monoisotopic (exact) mass is 282 g/mol. The first-order valence-corrected chi connectivity index (χ1v) is 8.16. The van der Waals surface area contributed by atoms with Gasteiger partial charge < -0.3 is 15.4 Å². The summed E-state index contributed by atoms with van der Waals surface area (Å²) in [4.78, 5) is 11.8. The van der Waals surface area contributed by atoms with Gasteiger partial charge in [-0.2, -0.15) is 0 Å². The lowest BCUT2D eigenvalue weighted by Crippen LogP contribution is -2.50. The molecule has 1 saturated heterocycles. The third-order valence-electron chi connectivity index (χ3n) is 4.45. The van der Waals surface area contributed by atoms with Crippen LogP contribution in [-0.2, 0) is 4.74 Å². The molecule has 1 aliphatic carbocycles. The lowest BCUT2D eigenvalue weighted by Gasteiger charge is -2.37. The van der Waals surface area contributed by atoms with Crippen molar-refractivity contribution in [1.82, 2.24) is 10.6 Å². The number of amides is 1. The standard InChI is InChI=1S/C16H30N2O2/c1-16(2,3)20-15(19)18-11-13-9-6-10-17-14(13)12-7-4-5-8-12/h12-14,17H,4-11H2,1-3H3,(H,18,19). The van der Waals surface area contributed by atoms with Crippen LogP contribution in [0.2, 0.25) is 0 Å².